The van der Waals surface area contributed by atoms with Gasteiger partial charge >= 0.3 is 0 Å². The normalized spacial score (nSPS) is 11.9. The third-order valence-electron chi connectivity index (χ3n) is 3.18. The van der Waals surface area contributed by atoms with Crippen molar-refractivity contribution in [3.05, 3.63) is 36.4 Å². The molecule has 0 amide bonds. The van der Waals surface area contributed by atoms with Crippen molar-refractivity contribution in [2.75, 3.05) is 14.2 Å². The van der Waals surface area contributed by atoms with Gasteiger partial charge in [-0.3, -0.25) is 0 Å². The third kappa shape index (κ3) is 4.95. The van der Waals surface area contributed by atoms with Crippen molar-refractivity contribution < 1.29 is 14.6 Å². The van der Waals surface area contributed by atoms with Crippen LogP contribution in [0.4, 0.5) is 0 Å². The highest BCUT2D eigenvalue weighted by atomic mass is 16.5. The number of methoxy groups -OCH3 is 2. The van der Waals surface area contributed by atoms with Crippen LogP contribution in [0.3, 0.4) is 0 Å². The van der Waals surface area contributed by atoms with Crippen LogP contribution in [0.1, 0.15) is 43.8 Å². The molecule has 3 nitrogen and oxygen atoms in total. The summed E-state index contributed by atoms with van der Waals surface area (Å²) in [6.07, 6.45) is 6.44. The number of allylic oxidation sites excluding steroid dienone is 1. The third-order valence-corrected chi connectivity index (χ3v) is 3.18. The number of rotatable bonds is 9. The van der Waals surface area contributed by atoms with Crippen LogP contribution in [0.25, 0.3) is 0 Å². The van der Waals surface area contributed by atoms with E-state index in [1.165, 1.54) is 0 Å². The van der Waals surface area contributed by atoms with E-state index in [1.807, 2.05) is 24.3 Å². The Bertz CT molecular complexity index is 388. The lowest BCUT2D eigenvalue weighted by Crippen LogP contribution is -2.01. The Balaban J connectivity index is 2.58. The Kier molecular flexibility index (Phi) is 7.04. The second-order valence-corrected chi connectivity index (χ2v) is 4.55. The first-order chi connectivity index (χ1) is 9.22. The van der Waals surface area contributed by atoms with Gasteiger partial charge in [0.05, 0.1) is 20.3 Å². The Labute approximate surface area is 115 Å². The minimum atomic E-state index is -0.506. The SMILES string of the molecule is C=CCCCCCC(O)c1cc(OC)ccc1OC. The maximum atomic E-state index is 10.3. The molecule has 0 spiro atoms. The molecule has 0 aromatic heterocycles. The number of unbranched alkanes of at least 4 members (excludes halogenated alkanes) is 3. The van der Waals surface area contributed by atoms with E-state index >= 15 is 0 Å². The van der Waals surface area contributed by atoms with Gasteiger partial charge in [0.15, 0.2) is 0 Å². The second-order valence-electron chi connectivity index (χ2n) is 4.55. The number of aliphatic hydroxyl groups is 1. The lowest BCUT2D eigenvalue weighted by Gasteiger charge is -2.15. The fraction of sp³-hybridized carbons (Fsp3) is 0.500. The highest BCUT2D eigenvalue weighted by Crippen LogP contribution is 2.31. The molecule has 0 bridgehead atoms. The Morgan fingerprint density at radius 3 is 2.63 bits per heavy atom. The zero-order valence-corrected chi connectivity index (χ0v) is 11.9. The van der Waals surface area contributed by atoms with E-state index in [0.29, 0.717) is 5.75 Å². The minimum absolute atomic E-state index is 0.506. The van der Waals surface area contributed by atoms with Gasteiger partial charge in [0, 0.05) is 5.56 Å². The van der Waals surface area contributed by atoms with Crippen LogP contribution in [0.5, 0.6) is 11.5 Å². The summed E-state index contributed by atoms with van der Waals surface area (Å²) in [4.78, 5) is 0. The standard InChI is InChI=1S/C16H24O3/c1-4-5-6-7-8-9-15(17)14-12-13(18-2)10-11-16(14)19-3/h4,10-12,15,17H,1,5-9H2,2-3H3. The molecule has 1 N–H and O–H groups in total. The minimum Gasteiger partial charge on any atom is -0.497 e. The van der Waals surface area contributed by atoms with Crippen LogP contribution in [0.2, 0.25) is 0 Å². The molecule has 3 heteroatoms. The van der Waals surface area contributed by atoms with Crippen molar-refractivity contribution in [1.82, 2.24) is 0 Å². The fourth-order valence-corrected chi connectivity index (χ4v) is 2.06. The molecular formula is C16H24O3. The van der Waals surface area contributed by atoms with Gasteiger partial charge in [-0.2, -0.15) is 0 Å². The fourth-order valence-electron chi connectivity index (χ4n) is 2.06. The van der Waals surface area contributed by atoms with E-state index in [-0.39, 0.29) is 0 Å². The molecule has 1 rings (SSSR count). The lowest BCUT2D eigenvalue weighted by molar-refractivity contribution is 0.159. The second kappa shape index (κ2) is 8.59. The van der Waals surface area contributed by atoms with Gasteiger partial charge in [-0.15, -0.1) is 6.58 Å². The van der Waals surface area contributed by atoms with Gasteiger partial charge in [0.2, 0.25) is 0 Å². The Morgan fingerprint density at radius 2 is 2.00 bits per heavy atom. The predicted octanol–water partition coefficient (Wildman–Crippen LogP) is 3.87. The number of aliphatic hydroxyl groups excluding tert-OH is 1. The molecule has 0 aliphatic rings. The van der Waals surface area contributed by atoms with E-state index in [0.717, 1.165) is 43.4 Å². The van der Waals surface area contributed by atoms with Crippen molar-refractivity contribution in [3.8, 4) is 11.5 Å². The van der Waals surface area contributed by atoms with Crippen molar-refractivity contribution >= 4 is 0 Å². The lowest BCUT2D eigenvalue weighted by atomic mass is 10.0. The summed E-state index contributed by atoms with van der Waals surface area (Å²) in [6.45, 7) is 3.70. The monoisotopic (exact) mass is 264 g/mol. The predicted molar refractivity (Wildman–Crippen MR) is 77.8 cm³/mol. The molecular weight excluding hydrogens is 240 g/mol. The van der Waals surface area contributed by atoms with E-state index in [1.54, 1.807) is 14.2 Å². The van der Waals surface area contributed by atoms with Crippen LogP contribution in [0, 0.1) is 0 Å². The zero-order chi connectivity index (χ0) is 14.1. The topological polar surface area (TPSA) is 38.7 Å². The van der Waals surface area contributed by atoms with Crippen molar-refractivity contribution in [2.45, 2.75) is 38.2 Å². The van der Waals surface area contributed by atoms with Crippen LogP contribution in [0.15, 0.2) is 30.9 Å². The van der Waals surface area contributed by atoms with Crippen molar-refractivity contribution in [1.29, 1.82) is 0 Å². The molecule has 1 atom stereocenters. The smallest absolute Gasteiger partial charge is 0.124 e. The zero-order valence-electron chi connectivity index (χ0n) is 11.9. The maximum absolute atomic E-state index is 10.3. The average Bonchev–Trinajstić information content (AvgIpc) is 2.46. The summed E-state index contributed by atoms with van der Waals surface area (Å²) < 4.78 is 10.5. The quantitative estimate of drug-likeness (QED) is 0.543. The first kappa shape index (κ1) is 15.6. The number of hydrogen-bond acceptors (Lipinski definition) is 3. The van der Waals surface area contributed by atoms with Crippen molar-refractivity contribution in [2.24, 2.45) is 0 Å². The van der Waals surface area contributed by atoms with E-state index in [2.05, 4.69) is 6.58 Å². The molecule has 0 fully saturated rings. The highest BCUT2D eigenvalue weighted by Gasteiger charge is 2.14. The van der Waals surface area contributed by atoms with Gasteiger partial charge in [-0.1, -0.05) is 18.9 Å². The molecule has 19 heavy (non-hydrogen) atoms. The maximum Gasteiger partial charge on any atom is 0.124 e. The molecule has 0 aliphatic heterocycles. The molecule has 0 aliphatic carbocycles. The van der Waals surface area contributed by atoms with Gasteiger partial charge in [-0.25, -0.2) is 0 Å². The molecule has 0 saturated carbocycles. The van der Waals surface area contributed by atoms with Crippen LogP contribution in [-0.2, 0) is 0 Å². The van der Waals surface area contributed by atoms with Gasteiger partial charge < -0.3 is 14.6 Å². The first-order valence-corrected chi connectivity index (χ1v) is 6.73. The van der Waals surface area contributed by atoms with Crippen LogP contribution in [-0.4, -0.2) is 19.3 Å². The van der Waals surface area contributed by atoms with Crippen molar-refractivity contribution in [3.63, 3.8) is 0 Å². The van der Waals surface area contributed by atoms with Crippen LogP contribution >= 0.6 is 0 Å². The van der Waals surface area contributed by atoms with Gasteiger partial charge in [0.1, 0.15) is 11.5 Å². The van der Waals surface area contributed by atoms with E-state index < -0.39 is 6.10 Å². The average molecular weight is 264 g/mol. The van der Waals surface area contributed by atoms with E-state index in [4.69, 9.17) is 9.47 Å². The molecule has 1 aromatic rings. The van der Waals surface area contributed by atoms with E-state index in [9.17, 15) is 5.11 Å². The molecule has 0 heterocycles. The summed E-state index contributed by atoms with van der Waals surface area (Å²) in [5.74, 6) is 1.45. The molecule has 0 saturated heterocycles. The number of hydrogen-bond donors (Lipinski definition) is 1. The summed E-state index contributed by atoms with van der Waals surface area (Å²) in [5.41, 5.74) is 0.797. The molecule has 1 aromatic carbocycles. The summed E-state index contributed by atoms with van der Waals surface area (Å²) in [7, 11) is 3.23. The molecule has 106 valence electrons. The summed E-state index contributed by atoms with van der Waals surface area (Å²) in [5, 5.41) is 10.3. The van der Waals surface area contributed by atoms with Crippen LogP contribution < -0.4 is 9.47 Å². The largest absolute Gasteiger partial charge is 0.497 e. The first-order valence-electron chi connectivity index (χ1n) is 6.73. The summed E-state index contributed by atoms with van der Waals surface area (Å²) in [6, 6.07) is 5.50. The van der Waals surface area contributed by atoms with Gasteiger partial charge in [0.25, 0.3) is 0 Å². The molecule has 0 radical (unpaired) electrons. The summed E-state index contributed by atoms with van der Waals surface area (Å²) >= 11 is 0. The van der Waals surface area contributed by atoms with Gasteiger partial charge in [-0.05, 0) is 37.5 Å². The number of ether oxygens (including phenoxy) is 2. The Hall–Kier alpha value is -1.48. The molecule has 1 unspecified atom stereocenters. The number of benzene rings is 1. The Morgan fingerprint density at radius 1 is 1.21 bits per heavy atom. The highest BCUT2D eigenvalue weighted by molar-refractivity contribution is 5.41.